The zero-order valence-electron chi connectivity index (χ0n) is 8.40. The Bertz CT molecular complexity index is 437. The molecule has 14 heavy (non-hydrogen) atoms. The van der Waals surface area contributed by atoms with Crippen LogP contribution in [0.3, 0.4) is 0 Å². The van der Waals surface area contributed by atoms with Crippen LogP contribution < -0.4 is 0 Å². The Morgan fingerprint density at radius 3 is 2.79 bits per heavy atom. The molecule has 0 bridgehead atoms. The van der Waals surface area contributed by atoms with Crippen molar-refractivity contribution in [3.8, 4) is 0 Å². The van der Waals surface area contributed by atoms with Gasteiger partial charge >= 0.3 is 0 Å². The first-order valence-electron chi connectivity index (χ1n) is 4.32. The molecular formula is C10H11N2SV-. The van der Waals surface area contributed by atoms with E-state index in [9.17, 15) is 0 Å². The number of aryl methyl sites for hydroxylation is 1. The van der Waals surface area contributed by atoms with Crippen LogP contribution in [0.15, 0.2) is 5.38 Å². The minimum Gasteiger partial charge on any atom is -0.371 e. The van der Waals surface area contributed by atoms with Crippen molar-refractivity contribution in [3.63, 3.8) is 0 Å². The molecule has 2 nitrogen and oxygen atoms in total. The van der Waals surface area contributed by atoms with E-state index in [0.717, 1.165) is 16.0 Å². The van der Waals surface area contributed by atoms with Crippen LogP contribution in [0.1, 0.15) is 31.2 Å². The van der Waals surface area contributed by atoms with Crippen LogP contribution in [0.25, 0.3) is 10.2 Å². The van der Waals surface area contributed by atoms with Crippen molar-refractivity contribution in [3.05, 3.63) is 23.0 Å². The zero-order valence-corrected chi connectivity index (χ0v) is 10.6. The van der Waals surface area contributed by atoms with Crippen LogP contribution in [0.5, 0.6) is 0 Å². The van der Waals surface area contributed by atoms with Gasteiger partial charge in [0.15, 0.2) is 0 Å². The van der Waals surface area contributed by atoms with Crippen molar-refractivity contribution in [1.82, 2.24) is 9.97 Å². The maximum absolute atomic E-state index is 4.50. The van der Waals surface area contributed by atoms with E-state index in [-0.39, 0.29) is 18.6 Å². The molecule has 0 aliphatic heterocycles. The van der Waals surface area contributed by atoms with Crippen molar-refractivity contribution in [2.45, 2.75) is 26.7 Å². The molecule has 0 saturated heterocycles. The molecule has 0 fully saturated rings. The van der Waals surface area contributed by atoms with Gasteiger partial charge in [-0.1, -0.05) is 25.6 Å². The quantitative estimate of drug-likeness (QED) is 0.718. The van der Waals surface area contributed by atoms with Crippen LogP contribution in [0.2, 0.25) is 0 Å². The van der Waals surface area contributed by atoms with Crippen LogP contribution >= 0.6 is 11.3 Å². The van der Waals surface area contributed by atoms with E-state index in [2.05, 4.69) is 42.3 Å². The normalized spacial score (nSPS) is 10.6. The molecule has 2 aromatic heterocycles. The summed E-state index contributed by atoms with van der Waals surface area (Å²) in [4.78, 5) is 8.70. The molecule has 2 heterocycles. The first-order valence-corrected chi connectivity index (χ1v) is 5.20. The fraction of sp³-hybridized carbons (Fsp3) is 0.400. The van der Waals surface area contributed by atoms with Gasteiger partial charge in [-0.2, -0.15) is 11.3 Å². The molecule has 0 aliphatic carbocycles. The first-order chi connectivity index (χ1) is 6.18. The van der Waals surface area contributed by atoms with Crippen molar-refractivity contribution >= 4 is 21.6 Å². The largest absolute Gasteiger partial charge is 0.371 e. The van der Waals surface area contributed by atoms with Gasteiger partial charge in [0.1, 0.15) is 0 Å². The number of thiophene rings is 1. The number of nitrogens with zero attached hydrogens (tertiary/aromatic N) is 2. The van der Waals surface area contributed by atoms with Gasteiger partial charge in [-0.05, 0) is 28.4 Å². The summed E-state index contributed by atoms with van der Waals surface area (Å²) in [7, 11) is 0. The molecule has 0 atom stereocenters. The fourth-order valence-electron chi connectivity index (χ4n) is 1.16. The Balaban J connectivity index is 0.000000980. The van der Waals surface area contributed by atoms with E-state index in [1.807, 2.05) is 0 Å². The molecular weight excluding hydrogens is 231 g/mol. The summed E-state index contributed by atoms with van der Waals surface area (Å²) in [5.41, 5.74) is 2.28. The summed E-state index contributed by atoms with van der Waals surface area (Å²) in [5.74, 6) is 1.26. The third-order valence-corrected chi connectivity index (χ3v) is 2.95. The Labute approximate surface area is 99.7 Å². The maximum Gasteiger partial charge on any atom is 0.0168 e. The molecule has 0 N–H and O–H groups in total. The molecule has 0 saturated carbocycles. The van der Waals surface area contributed by atoms with E-state index in [1.54, 1.807) is 11.3 Å². The average Bonchev–Trinajstić information content (AvgIpc) is 2.47. The number of rotatable bonds is 1. The topological polar surface area (TPSA) is 25.8 Å². The van der Waals surface area contributed by atoms with Crippen LogP contribution in [-0.2, 0) is 18.6 Å². The Morgan fingerprint density at radius 2 is 2.14 bits per heavy atom. The predicted molar refractivity (Wildman–Crippen MR) is 55.1 cm³/mol. The van der Waals surface area contributed by atoms with E-state index in [4.69, 9.17) is 0 Å². The molecule has 0 spiro atoms. The number of hydrogen-bond acceptors (Lipinski definition) is 3. The van der Waals surface area contributed by atoms with Crippen molar-refractivity contribution in [1.29, 1.82) is 0 Å². The Hall–Kier alpha value is -0.376. The van der Waals surface area contributed by atoms with Crippen LogP contribution in [-0.4, -0.2) is 9.97 Å². The van der Waals surface area contributed by atoms with Gasteiger partial charge in [-0.15, -0.1) is 0 Å². The van der Waals surface area contributed by atoms with E-state index < -0.39 is 0 Å². The third-order valence-electron chi connectivity index (χ3n) is 1.96. The molecule has 0 unspecified atom stereocenters. The van der Waals surface area contributed by atoms with Crippen LogP contribution in [0.4, 0.5) is 0 Å². The van der Waals surface area contributed by atoms with Gasteiger partial charge < -0.3 is 9.97 Å². The van der Waals surface area contributed by atoms with Gasteiger partial charge in [0.25, 0.3) is 0 Å². The Kier molecular flexibility index (Phi) is 3.70. The minimum absolute atomic E-state index is 0. The third kappa shape index (κ3) is 2.00. The van der Waals surface area contributed by atoms with Crippen molar-refractivity contribution in [2.24, 2.45) is 0 Å². The summed E-state index contributed by atoms with van der Waals surface area (Å²) < 4.78 is 1.06. The molecule has 1 radical (unpaired) electrons. The van der Waals surface area contributed by atoms with Crippen molar-refractivity contribution < 1.29 is 18.6 Å². The van der Waals surface area contributed by atoms with Gasteiger partial charge in [-0.25, -0.2) is 0 Å². The minimum atomic E-state index is 0. The maximum atomic E-state index is 4.50. The zero-order chi connectivity index (χ0) is 9.42. The van der Waals surface area contributed by atoms with Gasteiger partial charge in [0.05, 0.1) is 0 Å². The molecule has 0 amide bonds. The second kappa shape index (κ2) is 4.43. The molecule has 0 aromatic carbocycles. The summed E-state index contributed by atoms with van der Waals surface area (Å²) in [5, 5.41) is 2.10. The van der Waals surface area contributed by atoms with E-state index >= 15 is 0 Å². The SMILES string of the molecule is Cc1csc2[c-]nc(C(C)C)nc12.[V]. The monoisotopic (exact) mass is 242 g/mol. The summed E-state index contributed by atoms with van der Waals surface area (Å²) in [6.07, 6.45) is 3.03. The van der Waals surface area contributed by atoms with E-state index in [1.165, 1.54) is 5.56 Å². The predicted octanol–water partition coefficient (Wildman–Crippen LogP) is 2.92. The molecule has 2 aromatic rings. The summed E-state index contributed by atoms with van der Waals surface area (Å²) >= 11 is 1.65. The smallest absolute Gasteiger partial charge is 0.0168 e. The molecule has 2 rings (SSSR count). The second-order valence-electron chi connectivity index (χ2n) is 3.44. The van der Waals surface area contributed by atoms with Gasteiger partial charge in [0, 0.05) is 24.4 Å². The fourth-order valence-corrected chi connectivity index (χ4v) is 1.98. The summed E-state index contributed by atoms with van der Waals surface area (Å²) in [6, 6.07) is 0. The summed E-state index contributed by atoms with van der Waals surface area (Å²) in [6.45, 7) is 6.26. The van der Waals surface area contributed by atoms with Crippen LogP contribution in [0, 0.1) is 13.1 Å². The van der Waals surface area contributed by atoms with Crippen molar-refractivity contribution in [2.75, 3.05) is 0 Å². The van der Waals surface area contributed by atoms with Gasteiger partial charge in [0.2, 0.25) is 0 Å². The number of fused-ring (bicyclic) bond motifs is 1. The number of hydrogen-bond donors (Lipinski definition) is 0. The first kappa shape index (κ1) is 11.7. The standard InChI is InChI=1S/C10H11N2S.V/c1-6(2)10-11-4-8-9(12-10)7(3)5-13-8;/h5-6H,1-3H3;/q-1;. The molecule has 0 aliphatic rings. The molecule has 73 valence electrons. The average molecular weight is 242 g/mol. The Morgan fingerprint density at radius 1 is 1.43 bits per heavy atom. The van der Waals surface area contributed by atoms with E-state index in [0.29, 0.717) is 5.92 Å². The van der Waals surface area contributed by atoms with Gasteiger partial charge in [-0.3, -0.25) is 0 Å². The second-order valence-corrected chi connectivity index (χ2v) is 4.32. The number of aromatic nitrogens is 2. The molecule has 4 heteroatoms.